The van der Waals surface area contributed by atoms with Gasteiger partial charge in [0.25, 0.3) is 0 Å². The molecule has 1 aliphatic rings. The molecule has 0 aliphatic carbocycles. The highest BCUT2D eigenvalue weighted by molar-refractivity contribution is 7.80. The first-order valence-corrected chi connectivity index (χ1v) is 3.79. The van der Waals surface area contributed by atoms with E-state index in [1.165, 1.54) is 0 Å². The molecule has 1 unspecified atom stereocenters. The van der Waals surface area contributed by atoms with Crippen LogP contribution in [0, 0.1) is 5.92 Å². The monoisotopic (exact) mass is 158 g/mol. The van der Waals surface area contributed by atoms with Crippen molar-refractivity contribution in [3.05, 3.63) is 0 Å². The van der Waals surface area contributed by atoms with Gasteiger partial charge in [-0.25, -0.2) is 0 Å². The number of carbonyl (C=O) groups is 1. The molecule has 0 radical (unpaired) electrons. The molecule has 0 aromatic heterocycles. The Morgan fingerprint density at radius 2 is 2.50 bits per heavy atom. The maximum Gasteiger partial charge on any atom is 0.313 e. The van der Waals surface area contributed by atoms with Crippen LogP contribution in [0.3, 0.4) is 0 Å². The maximum absolute atomic E-state index is 10.9. The number of esters is 1. The van der Waals surface area contributed by atoms with E-state index in [1.807, 2.05) is 0 Å². The predicted octanol–water partition coefficient (Wildman–Crippen LogP) is 1.33. The Kier molecular flexibility index (Phi) is 2.38. The molecule has 0 aromatic carbocycles. The van der Waals surface area contributed by atoms with Gasteiger partial charge in [0.2, 0.25) is 0 Å². The van der Waals surface area contributed by atoms with Crippen molar-refractivity contribution in [2.45, 2.75) is 19.8 Å². The summed E-state index contributed by atoms with van der Waals surface area (Å²) in [6, 6.07) is 0. The standard InChI is InChI=1S/C7H10O2S/c1-5(10)6-3-2-4-9-7(6)8/h6H,2-4H2,1H3. The minimum Gasteiger partial charge on any atom is -0.465 e. The lowest BCUT2D eigenvalue weighted by Crippen LogP contribution is -2.28. The highest BCUT2D eigenvalue weighted by Crippen LogP contribution is 2.16. The van der Waals surface area contributed by atoms with Gasteiger partial charge in [0.05, 0.1) is 12.5 Å². The van der Waals surface area contributed by atoms with Crippen molar-refractivity contribution in [3.63, 3.8) is 0 Å². The summed E-state index contributed by atoms with van der Waals surface area (Å²) in [4.78, 5) is 11.7. The third-order valence-electron chi connectivity index (χ3n) is 1.66. The first kappa shape index (κ1) is 7.66. The van der Waals surface area contributed by atoms with Crippen LogP contribution in [0.25, 0.3) is 0 Å². The van der Waals surface area contributed by atoms with E-state index in [0.717, 1.165) is 17.7 Å². The molecule has 56 valence electrons. The Bertz CT molecular complexity index is 165. The van der Waals surface area contributed by atoms with Crippen LogP contribution >= 0.6 is 12.2 Å². The van der Waals surface area contributed by atoms with Crippen LogP contribution in [0.4, 0.5) is 0 Å². The molecule has 0 saturated carbocycles. The van der Waals surface area contributed by atoms with E-state index in [1.54, 1.807) is 6.92 Å². The third-order valence-corrected chi connectivity index (χ3v) is 1.94. The molecule has 1 saturated heterocycles. The molecule has 2 nitrogen and oxygen atoms in total. The van der Waals surface area contributed by atoms with Crippen LogP contribution in [-0.2, 0) is 9.53 Å². The molecule has 0 aromatic rings. The van der Waals surface area contributed by atoms with Gasteiger partial charge in [-0.2, -0.15) is 0 Å². The average molecular weight is 158 g/mol. The lowest BCUT2D eigenvalue weighted by atomic mass is 9.99. The molecule has 1 heterocycles. The summed E-state index contributed by atoms with van der Waals surface area (Å²) in [5, 5.41) is 0. The number of ether oxygens (including phenoxy) is 1. The number of hydrogen-bond acceptors (Lipinski definition) is 3. The van der Waals surface area contributed by atoms with E-state index in [2.05, 4.69) is 0 Å². The fraction of sp³-hybridized carbons (Fsp3) is 0.714. The Morgan fingerprint density at radius 3 is 2.90 bits per heavy atom. The molecule has 0 N–H and O–H groups in total. The fourth-order valence-electron chi connectivity index (χ4n) is 1.05. The van der Waals surface area contributed by atoms with Gasteiger partial charge in [0.15, 0.2) is 0 Å². The van der Waals surface area contributed by atoms with Crippen molar-refractivity contribution in [3.8, 4) is 0 Å². The van der Waals surface area contributed by atoms with Gasteiger partial charge in [0.1, 0.15) is 0 Å². The molecule has 1 aliphatic heterocycles. The number of rotatable bonds is 1. The molecule has 3 heteroatoms. The summed E-state index contributed by atoms with van der Waals surface area (Å²) in [6.07, 6.45) is 1.82. The second kappa shape index (κ2) is 3.10. The van der Waals surface area contributed by atoms with E-state index in [0.29, 0.717) is 6.61 Å². The lowest BCUT2D eigenvalue weighted by molar-refractivity contribution is -0.149. The Morgan fingerprint density at radius 1 is 1.80 bits per heavy atom. The number of thiocarbonyl (C=S) groups is 1. The van der Waals surface area contributed by atoms with Crippen molar-refractivity contribution in [2.75, 3.05) is 6.61 Å². The normalized spacial score (nSPS) is 25.7. The van der Waals surface area contributed by atoms with Crippen LogP contribution in [0.5, 0.6) is 0 Å². The minimum atomic E-state index is -0.140. The molecular weight excluding hydrogens is 148 g/mol. The van der Waals surface area contributed by atoms with Crippen molar-refractivity contribution < 1.29 is 9.53 Å². The SMILES string of the molecule is CC(=S)C1CCCOC1=O. The zero-order valence-electron chi connectivity index (χ0n) is 5.92. The largest absolute Gasteiger partial charge is 0.465 e. The van der Waals surface area contributed by atoms with Crippen LogP contribution in [0.15, 0.2) is 0 Å². The zero-order valence-corrected chi connectivity index (χ0v) is 6.74. The van der Waals surface area contributed by atoms with Crippen molar-refractivity contribution in [2.24, 2.45) is 5.92 Å². The first-order chi connectivity index (χ1) is 4.72. The number of carbonyl (C=O) groups excluding carboxylic acids is 1. The molecule has 0 spiro atoms. The van der Waals surface area contributed by atoms with Crippen molar-refractivity contribution in [1.82, 2.24) is 0 Å². The van der Waals surface area contributed by atoms with Gasteiger partial charge in [-0.05, 0) is 19.8 Å². The number of hydrogen-bond donors (Lipinski definition) is 0. The van der Waals surface area contributed by atoms with Gasteiger partial charge >= 0.3 is 5.97 Å². The fourth-order valence-corrected chi connectivity index (χ4v) is 1.26. The summed E-state index contributed by atoms with van der Waals surface area (Å²) in [6.45, 7) is 2.37. The second-order valence-electron chi connectivity index (χ2n) is 2.47. The van der Waals surface area contributed by atoms with E-state index < -0.39 is 0 Å². The maximum atomic E-state index is 10.9. The van der Waals surface area contributed by atoms with E-state index >= 15 is 0 Å². The van der Waals surface area contributed by atoms with Crippen molar-refractivity contribution >= 4 is 23.1 Å². The third kappa shape index (κ3) is 1.53. The van der Waals surface area contributed by atoms with Gasteiger partial charge in [-0.1, -0.05) is 12.2 Å². The van der Waals surface area contributed by atoms with E-state index in [-0.39, 0.29) is 11.9 Å². The van der Waals surface area contributed by atoms with Crippen LogP contribution in [-0.4, -0.2) is 17.4 Å². The summed E-state index contributed by atoms with van der Waals surface area (Å²) in [7, 11) is 0. The van der Waals surface area contributed by atoms with E-state index in [4.69, 9.17) is 17.0 Å². The van der Waals surface area contributed by atoms with Crippen LogP contribution in [0.2, 0.25) is 0 Å². The first-order valence-electron chi connectivity index (χ1n) is 3.39. The number of cyclic esters (lactones) is 1. The topological polar surface area (TPSA) is 26.3 Å². The minimum absolute atomic E-state index is 0.108. The highest BCUT2D eigenvalue weighted by atomic mass is 32.1. The molecule has 0 bridgehead atoms. The second-order valence-corrected chi connectivity index (χ2v) is 3.12. The molecule has 1 atom stereocenters. The molecule has 1 fully saturated rings. The highest BCUT2D eigenvalue weighted by Gasteiger charge is 2.24. The summed E-state index contributed by atoms with van der Waals surface area (Å²) in [5.74, 6) is -0.248. The quantitative estimate of drug-likeness (QED) is 0.425. The zero-order chi connectivity index (χ0) is 7.56. The molecule has 1 rings (SSSR count). The summed E-state index contributed by atoms with van der Waals surface area (Å²) in [5.41, 5.74) is 0. The smallest absolute Gasteiger partial charge is 0.313 e. The Labute approximate surface area is 65.6 Å². The predicted molar refractivity (Wildman–Crippen MR) is 42.0 cm³/mol. The average Bonchev–Trinajstić information content (AvgIpc) is 1.88. The lowest BCUT2D eigenvalue weighted by Gasteiger charge is -2.19. The van der Waals surface area contributed by atoms with Crippen LogP contribution < -0.4 is 0 Å². The van der Waals surface area contributed by atoms with Gasteiger partial charge < -0.3 is 4.74 Å². The van der Waals surface area contributed by atoms with Gasteiger partial charge in [0, 0.05) is 4.86 Å². The Hall–Kier alpha value is -0.440. The van der Waals surface area contributed by atoms with Crippen molar-refractivity contribution in [1.29, 1.82) is 0 Å². The van der Waals surface area contributed by atoms with Crippen LogP contribution in [0.1, 0.15) is 19.8 Å². The molecule has 0 amide bonds. The van der Waals surface area contributed by atoms with Gasteiger partial charge in [-0.3, -0.25) is 4.79 Å². The molecular formula is C7H10O2S. The molecule has 10 heavy (non-hydrogen) atoms. The summed E-state index contributed by atoms with van der Waals surface area (Å²) >= 11 is 4.89. The van der Waals surface area contributed by atoms with E-state index in [9.17, 15) is 4.79 Å². The Balaban J connectivity index is 2.56. The summed E-state index contributed by atoms with van der Waals surface area (Å²) < 4.78 is 4.83. The van der Waals surface area contributed by atoms with Gasteiger partial charge in [-0.15, -0.1) is 0 Å².